The van der Waals surface area contributed by atoms with Crippen LogP contribution in [0.1, 0.15) is 35.4 Å². The number of fused-ring (bicyclic) bond motifs is 3. The maximum atomic E-state index is 10.2. The lowest BCUT2D eigenvalue weighted by atomic mass is 9.87. The van der Waals surface area contributed by atoms with Crippen molar-refractivity contribution in [3.05, 3.63) is 41.0 Å². The zero-order valence-electron chi connectivity index (χ0n) is 16.2. The SMILES string of the molecule is Cc1c(C2CCSCC2)c(C#N)c2nc3ccccc3n2c1N1CCNCC1. The van der Waals surface area contributed by atoms with E-state index >= 15 is 0 Å². The molecule has 0 atom stereocenters. The van der Waals surface area contributed by atoms with Gasteiger partial charge in [-0.05, 0) is 60.4 Å². The Morgan fingerprint density at radius 2 is 1.93 bits per heavy atom. The minimum atomic E-state index is 0.461. The van der Waals surface area contributed by atoms with E-state index in [4.69, 9.17) is 4.98 Å². The highest BCUT2D eigenvalue weighted by Gasteiger charge is 2.29. The van der Waals surface area contributed by atoms with Crippen molar-refractivity contribution in [1.82, 2.24) is 14.7 Å². The average molecular weight is 392 g/mol. The van der Waals surface area contributed by atoms with Gasteiger partial charge in [0.1, 0.15) is 11.9 Å². The summed E-state index contributed by atoms with van der Waals surface area (Å²) in [5, 5.41) is 13.6. The number of aromatic nitrogens is 2. The number of hydrogen-bond acceptors (Lipinski definition) is 5. The van der Waals surface area contributed by atoms with E-state index in [2.05, 4.69) is 45.8 Å². The van der Waals surface area contributed by atoms with E-state index in [1.54, 1.807) is 0 Å². The second-order valence-corrected chi connectivity index (χ2v) is 8.96. The lowest BCUT2D eigenvalue weighted by Crippen LogP contribution is -2.44. The molecule has 3 aromatic rings. The van der Waals surface area contributed by atoms with Crippen LogP contribution in [-0.2, 0) is 0 Å². The van der Waals surface area contributed by atoms with Crippen LogP contribution in [0.25, 0.3) is 16.7 Å². The maximum absolute atomic E-state index is 10.2. The second-order valence-electron chi connectivity index (χ2n) is 7.73. The summed E-state index contributed by atoms with van der Waals surface area (Å²) in [5.41, 5.74) is 6.19. The number of rotatable bonds is 2. The van der Waals surface area contributed by atoms with Gasteiger partial charge >= 0.3 is 0 Å². The predicted molar refractivity (Wildman–Crippen MR) is 117 cm³/mol. The van der Waals surface area contributed by atoms with Gasteiger partial charge in [-0.3, -0.25) is 4.40 Å². The van der Waals surface area contributed by atoms with Gasteiger partial charge in [0.15, 0.2) is 5.65 Å². The van der Waals surface area contributed by atoms with Gasteiger partial charge in [0.05, 0.1) is 16.6 Å². The molecule has 4 heterocycles. The summed E-state index contributed by atoms with van der Waals surface area (Å²) in [5.74, 6) is 4.05. The first-order valence-electron chi connectivity index (χ1n) is 10.2. The quantitative estimate of drug-likeness (QED) is 0.722. The van der Waals surface area contributed by atoms with Crippen LogP contribution in [0, 0.1) is 18.3 Å². The summed E-state index contributed by atoms with van der Waals surface area (Å²) in [4.78, 5) is 7.41. The molecule has 0 amide bonds. The molecule has 5 rings (SSSR count). The Morgan fingerprint density at radius 1 is 1.18 bits per heavy atom. The normalized spacial score (nSPS) is 18.6. The summed E-state index contributed by atoms with van der Waals surface area (Å²) in [7, 11) is 0. The van der Waals surface area contributed by atoms with Crippen LogP contribution in [0.5, 0.6) is 0 Å². The number of para-hydroxylation sites is 2. The van der Waals surface area contributed by atoms with E-state index in [9.17, 15) is 5.26 Å². The smallest absolute Gasteiger partial charge is 0.157 e. The van der Waals surface area contributed by atoms with E-state index in [0.717, 1.165) is 61.3 Å². The molecular formula is C22H25N5S. The lowest BCUT2D eigenvalue weighted by molar-refractivity contribution is 0.580. The molecule has 6 heteroatoms. The first-order chi connectivity index (χ1) is 13.8. The van der Waals surface area contributed by atoms with Crippen LogP contribution in [-0.4, -0.2) is 47.1 Å². The van der Waals surface area contributed by atoms with Crippen LogP contribution in [0.4, 0.5) is 5.82 Å². The maximum Gasteiger partial charge on any atom is 0.157 e. The van der Waals surface area contributed by atoms with Gasteiger partial charge in [0.25, 0.3) is 0 Å². The van der Waals surface area contributed by atoms with E-state index in [1.807, 2.05) is 17.8 Å². The summed E-state index contributed by atoms with van der Waals surface area (Å²) >= 11 is 2.03. The molecule has 5 nitrogen and oxygen atoms in total. The summed E-state index contributed by atoms with van der Waals surface area (Å²) in [6, 6.07) is 10.8. The zero-order chi connectivity index (χ0) is 19.1. The van der Waals surface area contributed by atoms with E-state index in [-0.39, 0.29) is 0 Å². The second kappa shape index (κ2) is 7.31. The van der Waals surface area contributed by atoms with Crippen molar-refractivity contribution >= 4 is 34.3 Å². The van der Waals surface area contributed by atoms with Crippen molar-refractivity contribution in [2.24, 2.45) is 0 Å². The number of thioether (sulfide) groups is 1. The molecule has 0 saturated carbocycles. The molecule has 1 N–H and O–H groups in total. The Kier molecular flexibility index (Phi) is 4.65. The van der Waals surface area contributed by atoms with Gasteiger partial charge in [-0.25, -0.2) is 4.98 Å². The molecule has 2 aromatic heterocycles. The van der Waals surface area contributed by atoms with Crippen molar-refractivity contribution in [2.45, 2.75) is 25.7 Å². The third-order valence-corrected chi connectivity index (χ3v) is 7.21. The monoisotopic (exact) mass is 391 g/mol. The van der Waals surface area contributed by atoms with Crippen LogP contribution >= 0.6 is 11.8 Å². The number of hydrogen-bond donors (Lipinski definition) is 1. The molecular weight excluding hydrogens is 366 g/mol. The fraction of sp³-hybridized carbons (Fsp3) is 0.455. The largest absolute Gasteiger partial charge is 0.355 e. The zero-order valence-corrected chi connectivity index (χ0v) is 17.1. The minimum Gasteiger partial charge on any atom is -0.355 e. The molecule has 0 aliphatic carbocycles. The number of imidazole rings is 1. The third kappa shape index (κ3) is 2.76. The highest BCUT2D eigenvalue weighted by molar-refractivity contribution is 7.99. The van der Waals surface area contributed by atoms with Crippen molar-refractivity contribution in [3.8, 4) is 6.07 Å². The number of nitrogens with one attached hydrogen (secondary N) is 1. The molecule has 0 radical (unpaired) electrons. The van der Waals surface area contributed by atoms with Crippen LogP contribution < -0.4 is 10.2 Å². The Bertz CT molecular complexity index is 1070. The van der Waals surface area contributed by atoms with Gasteiger partial charge in [-0.15, -0.1) is 0 Å². The Labute approximate surface area is 169 Å². The van der Waals surface area contributed by atoms with Gasteiger partial charge in [0, 0.05) is 26.2 Å². The molecule has 2 aliphatic heterocycles. The van der Waals surface area contributed by atoms with Crippen LogP contribution in [0.2, 0.25) is 0 Å². The first kappa shape index (κ1) is 17.8. The fourth-order valence-electron chi connectivity index (χ4n) is 4.87. The van der Waals surface area contributed by atoms with Crippen molar-refractivity contribution in [3.63, 3.8) is 0 Å². The van der Waals surface area contributed by atoms with Crippen LogP contribution in [0.3, 0.4) is 0 Å². The number of nitriles is 1. The minimum absolute atomic E-state index is 0.461. The number of anilines is 1. The predicted octanol–water partition coefficient (Wildman–Crippen LogP) is 3.69. The van der Waals surface area contributed by atoms with Crippen molar-refractivity contribution in [2.75, 3.05) is 42.6 Å². The molecule has 0 bridgehead atoms. The fourth-order valence-corrected chi connectivity index (χ4v) is 5.97. The standard InChI is InChI=1S/C22H25N5S/c1-15-20(16-6-12-28-13-7-16)17(14-23)21-25-18-4-2-3-5-19(18)27(21)22(15)26-10-8-24-9-11-26/h2-5,16,24H,6-13H2,1H3. The van der Waals surface area contributed by atoms with Gasteiger partial charge in [-0.2, -0.15) is 17.0 Å². The Morgan fingerprint density at radius 3 is 2.68 bits per heavy atom. The lowest BCUT2D eigenvalue weighted by Gasteiger charge is -2.34. The molecule has 2 fully saturated rings. The number of nitrogens with zero attached hydrogens (tertiary/aromatic N) is 4. The summed E-state index contributed by atoms with van der Waals surface area (Å²) in [6.07, 6.45) is 2.30. The topological polar surface area (TPSA) is 56.4 Å². The molecule has 2 saturated heterocycles. The van der Waals surface area contributed by atoms with Gasteiger partial charge < -0.3 is 10.2 Å². The van der Waals surface area contributed by atoms with Gasteiger partial charge in [0.2, 0.25) is 0 Å². The number of piperazine rings is 1. The molecule has 0 spiro atoms. The molecule has 2 aliphatic rings. The molecule has 144 valence electrons. The van der Waals surface area contributed by atoms with E-state index < -0.39 is 0 Å². The highest BCUT2D eigenvalue weighted by atomic mass is 32.2. The highest BCUT2D eigenvalue weighted by Crippen LogP contribution is 2.41. The van der Waals surface area contributed by atoms with E-state index in [0.29, 0.717) is 5.92 Å². The Balaban J connectivity index is 1.86. The summed E-state index contributed by atoms with van der Waals surface area (Å²) < 4.78 is 2.25. The van der Waals surface area contributed by atoms with E-state index in [1.165, 1.54) is 28.5 Å². The molecule has 28 heavy (non-hydrogen) atoms. The Hall–Kier alpha value is -2.23. The molecule has 0 unspecified atom stereocenters. The number of pyridine rings is 1. The number of benzene rings is 1. The van der Waals surface area contributed by atoms with Crippen molar-refractivity contribution < 1.29 is 0 Å². The third-order valence-electron chi connectivity index (χ3n) is 6.16. The average Bonchev–Trinajstić information content (AvgIpc) is 3.13. The molecule has 1 aromatic carbocycles. The first-order valence-corrected chi connectivity index (χ1v) is 11.3. The van der Waals surface area contributed by atoms with Gasteiger partial charge in [-0.1, -0.05) is 12.1 Å². The van der Waals surface area contributed by atoms with Crippen LogP contribution in [0.15, 0.2) is 24.3 Å². The summed E-state index contributed by atoms with van der Waals surface area (Å²) in [6.45, 7) is 6.16. The van der Waals surface area contributed by atoms with Crippen molar-refractivity contribution in [1.29, 1.82) is 5.26 Å².